The van der Waals surface area contributed by atoms with Crippen LogP contribution in [0, 0.1) is 0 Å². The summed E-state index contributed by atoms with van der Waals surface area (Å²) in [7, 11) is -3.70. The average molecular weight is 315 g/mol. The van der Waals surface area contributed by atoms with Crippen molar-refractivity contribution in [2.75, 3.05) is 0 Å². The summed E-state index contributed by atoms with van der Waals surface area (Å²) in [5, 5.41) is 11.1. The first kappa shape index (κ1) is 14.8. The summed E-state index contributed by atoms with van der Waals surface area (Å²) in [4.78, 5) is 0.220. The molecule has 2 aromatic carbocycles. The Morgan fingerprint density at radius 2 is 1.55 bits per heavy atom. The lowest BCUT2D eigenvalue weighted by molar-refractivity contribution is 0.0801. The van der Waals surface area contributed by atoms with E-state index in [4.69, 9.17) is 0 Å². The van der Waals surface area contributed by atoms with Gasteiger partial charge < -0.3 is 5.11 Å². The third-order valence-corrected chi connectivity index (χ3v) is 5.33. The van der Waals surface area contributed by atoms with Gasteiger partial charge in [0.05, 0.1) is 16.0 Å². The van der Waals surface area contributed by atoms with E-state index >= 15 is 0 Å². The van der Waals surface area contributed by atoms with Gasteiger partial charge in [-0.15, -0.1) is 0 Å². The Balaban J connectivity index is 2.33. The van der Waals surface area contributed by atoms with Gasteiger partial charge in [0.1, 0.15) is 0 Å². The molecular formula is C17H17NO3S. The molecule has 0 aliphatic rings. The molecule has 0 spiro atoms. The van der Waals surface area contributed by atoms with Crippen LogP contribution >= 0.6 is 0 Å². The van der Waals surface area contributed by atoms with Crippen molar-refractivity contribution in [3.8, 4) is 0 Å². The van der Waals surface area contributed by atoms with E-state index in [-0.39, 0.29) is 4.90 Å². The second-order valence-corrected chi connectivity index (χ2v) is 7.55. The molecule has 0 saturated carbocycles. The van der Waals surface area contributed by atoms with Crippen LogP contribution in [0.5, 0.6) is 0 Å². The molecule has 0 aliphatic carbocycles. The summed E-state index contributed by atoms with van der Waals surface area (Å²) in [5.74, 6) is 0. The molecule has 0 saturated heterocycles. The van der Waals surface area contributed by atoms with Crippen molar-refractivity contribution >= 4 is 20.9 Å². The Kier molecular flexibility index (Phi) is 3.34. The van der Waals surface area contributed by atoms with Crippen LogP contribution in [-0.4, -0.2) is 17.5 Å². The van der Waals surface area contributed by atoms with Crippen molar-refractivity contribution in [2.24, 2.45) is 0 Å². The SMILES string of the molecule is CC(C)(O)c1cn(S(=O)(=O)c2ccccc2)c2ccccc12. The second-order valence-electron chi connectivity index (χ2n) is 5.73. The van der Waals surface area contributed by atoms with Crippen LogP contribution in [0.15, 0.2) is 65.7 Å². The predicted molar refractivity (Wildman–Crippen MR) is 86.2 cm³/mol. The molecule has 0 bridgehead atoms. The van der Waals surface area contributed by atoms with Crippen LogP contribution in [0.4, 0.5) is 0 Å². The Morgan fingerprint density at radius 3 is 2.18 bits per heavy atom. The van der Waals surface area contributed by atoms with Crippen LogP contribution in [0.3, 0.4) is 0 Å². The van der Waals surface area contributed by atoms with E-state index in [1.807, 2.05) is 12.1 Å². The van der Waals surface area contributed by atoms with Crippen molar-refractivity contribution in [2.45, 2.75) is 24.3 Å². The van der Waals surface area contributed by atoms with Crippen LogP contribution in [0.2, 0.25) is 0 Å². The molecule has 0 aliphatic heterocycles. The Bertz CT molecular complexity index is 919. The molecule has 3 rings (SSSR count). The Labute approximate surface area is 129 Å². The van der Waals surface area contributed by atoms with Crippen LogP contribution < -0.4 is 0 Å². The van der Waals surface area contributed by atoms with E-state index in [1.165, 1.54) is 10.2 Å². The van der Waals surface area contributed by atoms with Gasteiger partial charge in [-0.2, -0.15) is 0 Å². The van der Waals surface area contributed by atoms with Crippen molar-refractivity contribution in [1.29, 1.82) is 0 Å². The van der Waals surface area contributed by atoms with Gasteiger partial charge in [-0.3, -0.25) is 0 Å². The monoisotopic (exact) mass is 315 g/mol. The smallest absolute Gasteiger partial charge is 0.268 e. The molecule has 5 heteroatoms. The van der Waals surface area contributed by atoms with Crippen molar-refractivity contribution < 1.29 is 13.5 Å². The fourth-order valence-corrected chi connectivity index (χ4v) is 3.93. The number of aromatic nitrogens is 1. The van der Waals surface area contributed by atoms with Gasteiger partial charge in [-0.1, -0.05) is 36.4 Å². The Hall–Kier alpha value is -2.11. The maximum absolute atomic E-state index is 12.9. The minimum absolute atomic E-state index is 0.220. The van der Waals surface area contributed by atoms with Crippen molar-refractivity contribution in [3.05, 3.63) is 66.4 Å². The summed E-state index contributed by atoms with van der Waals surface area (Å²) >= 11 is 0. The van der Waals surface area contributed by atoms with Crippen molar-refractivity contribution in [3.63, 3.8) is 0 Å². The summed E-state index contributed by atoms with van der Waals surface area (Å²) in [5.41, 5.74) is 0.0166. The van der Waals surface area contributed by atoms with Gasteiger partial charge in [-0.05, 0) is 32.0 Å². The van der Waals surface area contributed by atoms with Gasteiger partial charge in [0.2, 0.25) is 0 Å². The average Bonchev–Trinajstić information content (AvgIpc) is 2.88. The second kappa shape index (κ2) is 4.97. The highest BCUT2D eigenvalue weighted by Gasteiger charge is 2.26. The topological polar surface area (TPSA) is 59.3 Å². The van der Waals surface area contributed by atoms with E-state index in [1.54, 1.807) is 56.3 Å². The lowest BCUT2D eigenvalue weighted by atomic mass is 9.98. The maximum Gasteiger partial charge on any atom is 0.268 e. The zero-order valence-corrected chi connectivity index (χ0v) is 13.2. The molecule has 0 atom stereocenters. The highest BCUT2D eigenvalue weighted by molar-refractivity contribution is 7.90. The zero-order valence-electron chi connectivity index (χ0n) is 12.4. The molecule has 114 valence electrons. The number of benzene rings is 2. The largest absolute Gasteiger partial charge is 0.386 e. The highest BCUT2D eigenvalue weighted by atomic mass is 32.2. The number of rotatable bonds is 3. The van der Waals surface area contributed by atoms with Crippen molar-refractivity contribution in [1.82, 2.24) is 3.97 Å². The lowest BCUT2D eigenvalue weighted by Gasteiger charge is -2.15. The van der Waals surface area contributed by atoms with Crippen LogP contribution in [0.1, 0.15) is 19.4 Å². The highest BCUT2D eigenvalue weighted by Crippen LogP contribution is 2.32. The Morgan fingerprint density at radius 1 is 0.955 bits per heavy atom. The number of para-hydroxylation sites is 1. The van der Waals surface area contributed by atoms with E-state index in [9.17, 15) is 13.5 Å². The fraction of sp³-hybridized carbons (Fsp3) is 0.176. The molecule has 0 radical (unpaired) electrons. The lowest BCUT2D eigenvalue weighted by Crippen LogP contribution is -2.16. The molecular weight excluding hydrogens is 298 g/mol. The summed E-state index contributed by atoms with van der Waals surface area (Å²) in [6.45, 7) is 3.29. The summed E-state index contributed by atoms with van der Waals surface area (Å²) in [6, 6.07) is 15.5. The molecule has 3 aromatic rings. The van der Waals surface area contributed by atoms with Gasteiger partial charge in [0.25, 0.3) is 10.0 Å². The molecule has 22 heavy (non-hydrogen) atoms. The molecule has 0 fully saturated rings. The number of hydrogen-bond acceptors (Lipinski definition) is 3. The third kappa shape index (κ3) is 2.32. The van der Waals surface area contributed by atoms with E-state index in [0.717, 1.165) is 5.39 Å². The number of aliphatic hydroxyl groups is 1. The van der Waals surface area contributed by atoms with Gasteiger partial charge in [0.15, 0.2) is 0 Å². The molecule has 0 amide bonds. The first-order chi connectivity index (χ1) is 10.3. The first-order valence-electron chi connectivity index (χ1n) is 6.95. The van der Waals surface area contributed by atoms with E-state index in [2.05, 4.69) is 0 Å². The molecule has 1 N–H and O–H groups in total. The fourth-order valence-electron chi connectivity index (χ4n) is 2.54. The van der Waals surface area contributed by atoms with E-state index in [0.29, 0.717) is 11.1 Å². The van der Waals surface area contributed by atoms with Crippen LogP contribution in [-0.2, 0) is 15.6 Å². The molecule has 4 nitrogen and oxygen atoms in total. The quantitative estimate of drug-likeness (QED) is 0.808. The third-order valence-electron chi connectivity index (χ3n) is 3.64. The standard InChI is InChI=1S/C17H17NO3S/c1-17(2,19)15-12-18(16-11-7-6-10-14(15)16)22(20,21)13-8-4-3-5-9-13/h3-12,19H,1-2H3. The minimum atomic E-state index is -3.70. The van der Waals surface area contributed by atoms with E-state index < -0.39 is 15.6 Å². The number of nitrogens with zero attached hydrogens (tertiary/aromatic N) is 1. The summed E-state index contributed by atoms with van der Waals surface area (Å²) < 4.78 is 27.0. The number of hydrogen-bond donors (Lipinski definition) is 1. The molecule has 1 heterocycles. The van der Waals surface area contributed by atoms with Crippen LogP contribution in [0.25, 0.3) is 10.9 Å². The summed E-state index contributed by atoms with van der Waals surface area (Å²) in [6.07, 6.45) is 1.51. The van der Waals surface area contributed by atoms with Gasteiger partial charge >= 0.3 is 0 Å². The first-order valence-corrected chi connectivity index (χ1v) is 8.39. The molecule has 1 aromatic heterocycles. The molecule has 0 unspecified atom stereocenters. The zero-order chi connectivity index (χ0) is 16.0. The maximum atomic E-state index is 12.9. The predicted octanol–water partition coefficient (Wildman–Crippen LogP) is 3.11. The normalized spacial score (nSPS) is 12.7. The van der Waals surface area contributed by atoms with Gasteiger partial charge in [-0.25, -0.2) is 12.4 Å². The van der Waals surface area contributed by atoms with Gasteiger partial charge in [0, 0.05) is 17.1 Å². The number of fused-ring (bicyclic) bond motifs is 1. The minimum Gasteiger partial charge on any atom is -0.386 e.